The SMILES string of the molecule is CCN(C(=O)Cn1ncc(=O)c2ccccc21)[C@@H](C)c1ccncc1. The van der Waals surface area contributed by atoms with E-state index in [1.165, 1.54) is 6.20 Å². The summed E-state index contributed by atoms with van der Waals surface area (Å²) in [4.78, 5) is 30.6. The maximum absolute atomic E-state index is 12.9. The second-order valence-electron chi connectivity index (χ2n) is 5.82. The Balaban J connectivity index is 1.88. The molecule has 0 saturated carbocycles. The number of carbonyl (C=O) groups is 1. The van der Waals surface area contributed by atoms with Crippen molar-refractivity contribution in [2.75, 3.05) is 6.54 Å². The Bertz CT molecular complexity index is 937. The van der Waals surface area contributed by atoms with E-state index in [0.29, 0.717) is 17.4 Å². The molecule has 0 saturated heterocycles. The minimum atomic E-state index is -0.142. The second-order valence-corrected chi connectivity index (χ2v) is 5.82. The molecule has 128 valence electrons. The van der Waals surface area contributed by atoms with Crippen molar-refractivity contribution in [1.82, 2.24) is 19.7 Å². The first-order valence-electron chi connectivity index (χ1n) is 8.26. The van der Waals surface area contributed by atoms with E-state index in [1.54, 1.807) is 40.2 Å². The average Bonchev–Trinajstić information content (AvgIpc) is 2.65. The standard InChI is InChI=1S/C19H20N4O2/c1-3-22(14(2)15-8-10-20-11-9-15)19(25)13-23-17-7-5-4-6-16(17)18(24)12-21-23/h4-12,14H,3,13H2,1-2H3/t14-/m0/s1. The quantitative estimate of drug-likeness (QED) is 0.717. The number of amides is 1. The van der Waals surface area contributed by atoms with Crippen molar-refractivity contribution in [2.45, 2.75) is 26.4 Å². The summed E-state index contributed by atoms with van der Waals surface area (Å²) in [6.45, 7) is 4.62. The molecule has 25 heavy (non-hydrogen) atoms. The van der Waals surface area contributed by atoms with Gasteiger partial charge in [-0.2, -0.15) is 5.10 Å². The van der Waals surface area contributed by atoms with Crippen molar-refractivity contribution in [3.05, 3.63) is 70.8 Å². The van der Waals surface area contributed by atoms with E-state index in [2.05, 4.69) is 10.1 Å². The van der Waals surface area contributed by atoms with Crippen LogP contribution in [0.15, 0.2) is 59.8 Å². The number of rotatable bonds is 5. The molecule has 3 rings (SSSR count). The molecule has 1 aromatic carbocycles. The molecule has 6 nitrogen and oxygen atoms in total. The van der Waals surface area contributed by atoms with Gasteiger partial charge in [-0.3, -0.25) is 19.3 Å². The van der Waals surface area contributed by atoms with Gasteiger partial charge in [0.25, 0.3) is 0 Å². The molecule has 1 amide bonds. The van der Waals surface area contributed by atoms with Crippen molar-refractivity contribution < 1.29 is 4.79 Å². The van der Waals surface area contributed by atoms with E-state index >= 15 is 0 Å². The van der Waals surface area contributed by atoms with Gasteiger partial charge in [-0.1, -0.05) is 12.1 Å². The Morgan fingerprint density at radius 2 is 1.92 bits per heavy atom. The van der Waals surface area contributed by atoms with Gasteiger partial charge in [0.2, 0.25) is 11.3 Å². The van der Waals surface area contributed by atoms with Crippen LogP contribution >= 0.6 is 0 Å². The van der Waals surface area contributed by atoms with Gasteiger partial charge >= 0.3 is 0 Å². The first kappa shape index (κ1) is 16.8. The molecule has 0 N–H and O–H groups in total. The molecular formula is C19H20N4O2. The van der Waals surface area contributed by atoms with Crippen molar-refractivity contribution in [3.63, 3.8) is 0 Å². The van der Waals surface area contributed by atoms with Gasteiger partial charge in [-0.25, -0.2) is 0 Å². The predicted molar refractivity (Wildman–Crippen MR) is 96.0 cm³/mol. The fraction of sp³-hybridized carbons (Fsp3) is 0.263. The molecule has 1 atom stereocenters. The van der Waals surface area contributed by atoms with Crippen LogP contribution in [0.4, 0.5) is 0 Å². The third-order valence-electron chi connectivity index (χ3n) is 4.36. The van der Waals surface area contributed by atoms with Gasteiger partial charge < -0.3 is 4.90 Å². The Hall–Kier alpha value is -3.02. The van der Waals surface area contributed by atoms with Gasteiger partial charge in [0.1, 0.15) is 6.54 Å². The minimum absolute atomic E-state index is 0.0480. The van der Waals surface area contributed by atoms with Crippen LogP contribution in [-0.2, 0) is 11.3 Å². The van der Waals surface area contributed by atoms with Crippen LogP contribution < -0.4 is 5.43 Å². The molecule has 0 unspecified atom stereocenters. The predicted octanol–water partition coefficient (Wildman–Crippen LogP) is 2.40. The summed E-state index contributed by atoms with van der Waals surface area (Å²) in [5.74, 6) is -0.0480. The zero-order chi connectivity index (χ0) is 17.8. The molecule has 0 aliphatic carbocycles. The third kappa shape index (κ3) is 3.42. The number of aromatic nitrogens is 3. The van der Waals surface area contributed by atoms with Crippen LogP contribution in [0.3, 0.4) is 0 Å². The summed E-state index contributed by atoms with van der Waals surface area (Å²) in [6, 6.07) is 10.9. The van der Waals surface area contributed by atoms with Crippen LogP contribution in [0.5, 0.6) is 0 Å². The number of nitrogens with zero attached hydrogens (tertiary/aromatic N) is 4. The molecule has 0 spiro atoms. The van der Waals surface area contributed by atoms with Crippen LogP contribution in [0, 0.1) is 0 Å². The van der Waals surface area contributed by atoms with Gasteiger partial charge in [0, 0.05) is 24.3 Å². The van der Waals surface area contributed by atoms with Crippen LogP contribution in [0.25, 0.3) is 10.9 Å². The summed E-state index contributed by atoms with van der Waals surface area (Å²) in [7, 11) is 0. The number of benzene rings is 1. The van der Waals surface area contributed by atoms with Gasteiger partial charge in [0.05, 0.1) is 17.8 Å². The number of pyridine rings is 1. The van der Waals surface area contributed by atoms with Gasteiger partial charge in [-0.05, 0) is 43.7 Å². The third-order valence-corrected chi connectivity index (χ3v) is 4.36. The highest BCUT2D eigenvalue weighted by molar-refractivity contribution is 5.81. The van der Waals surface area contributed by atoms with E-state index < -0.39 is 0 Å². The van der Waals surface area contributed by atoms with E-state index in [1.807, 2.05) is 32.0 Å². The molecule has 0 aliphatic rings. The van der Waals surface area contributed by atoms with E-state index in [-0.39, 0.29) is 23.9 Å². The van der Waals surface area contributed by atoms with Gasteiger partial charge in [0.15, 0.2) is 0 Å². The number of carbonyl (C=O) groups excluding carboxylic acids is 1. The monoisotopic (exact) mass is 336 g/mol. The Morgan fingerprint density at radius 1 is 1.20 bits per heavy atom. The number of fused-ring (bicyclic) bond motifs is 1. The molecule has 0 radical (unpaired) electrons. The van der Waals surface area contributed by atoms with Crippen LogP contribution in [-0.4, -0.2) is 32.1 Å². The number of hydrogen-bond donors (Lipinski definition) is 0. The molecule has 2 aromatic heterocycles. The van der Waals surface area contributed by atoms with E-state index in [9.17, 15) is 9.59 Å². The largest absolute Gasteiger partial charge is 0.335 e. The summed E-state index contributed by atoms with van der Waals surface area (Å²) < 4.78 is 1.58. The summed E-state index contributed by atoms with van der Waals surface area (Å²) in [5, 5.41) is 4.71. The maximum atomic E-state index is 12.9. The Kier molecular flexibility index (Phi) is 4.88. The molecule has 3 aromatic rings. The van der Waals surface area contributed by atoms with Crippen LogP contribution in [0.1, 0.15) is 25.5 Å². The Labute approximate surface area is 145 Å². The molecule has 2 heterocycles. The summed E-state index contributed by atoms with van der Waals surface area (Å²) in [5.41, 5.74) is 1.55. The van der Waals surface area contributed by atoms with Crippen LogP contribution in [0.2, 0.25) is 0 Å². The highest BCUT2D eigenvalue weighted by atomic mass is 16.2. The number of likely N-dealkylation sites (N-methyl/N-ethyl adjacent to an activating group) is 1. The molecule has 0 bridgehead atoms. The zero-order valence-electron chi connectivity index (χ0n) is 14.3. The average molecular weight is 336 g/mol. The molecule has 0 fully saturated rings. The maximum Gasteiger partial charge on any atom is 0.244 e. The lowest BCUT2D eigenvalue weighted by Gasteiger charge is -2.28. The van der Waals surface area contributed by atoms with Gasteiger partial charge in [-0.15, -0.1) is 0 Å². The van der Waals surface area contributed by atoms with Crippen molar-refractivity contribution in [2.24, 2.45) is 0 Å². The van der Waals surface area contributed by atoms with Crippen molar-refractivity contribution in [1.29, 1.82) is 0 Å². The van der Waals surface area contributed by atoms with E-state index in [0.717, 1.165) is 5.56 Å². The topological polar surface area (TPSA) is 68.1 Å². The molecular weight excluding hydrogens is 316 g/mol. The lowest BCUT2D eigenvalue weighted by atomic mass is 10.1. The normalized spacial score (nSPS) is 12.1. The lowest BCUT2D eigenvalue weighted by Crippen LogP contribution is -2.36. The molecule has 0 aliphatic heterocycles. The highest BCUT2D eigenvalue weighted by Crippen LogP contribution is 2.20. The lowest BCUT2D eigenvalue weighted by molar-refractivity contribution is -0.133. The first-order valence-corrected chi connectivity index (χ1v) is 8.26. The highest BCUT2D eigenvalue weighted by Gasteiger charge is 2.20. The second kappa shape index (κ2) is 7.25. The summed E-state index contributed by atoms with van der Waals surface area (Å²) >= 11 is 0. The van der Waals surface area contributed by atoms with Crippen molar-refractivity contribution >= 4 is 16.8 Å². The first-order chi connectivity index (χ1) is 12.1. The number of para-hydroxylation sites is 1. The fourth-order valence-electron chi connectivity index (χ4n) is 2.99. The summed E-state index contributed by atoms with van der Waals surface area (Å²) in [6.07, 6.45) is 4.71. The molecule has 6 heteroatoms. The number of hydrogen-bond acceptors (Lipinski definition) is 4. The zero-order valence-corrected chi connectivity index (χ0v) is 14.3. The Morgan fingerprint density at radius 3 is 2.64 bits per heavy atom. The van der Waals surface area contributed by atoms with E-state index in [4.69, 9.17) is 0 Å². The fourth-order valence-corrected chi connectivity index (χ4v) is 2.99. The smallest absolute Gasteiger partial charge is 0.244 e. The minimum Gasteiger partial charge on any atom is -0.335 e. The van der Waals surface area contributed by atoms with Crippen molar-refractivity contribution in [3.8, 4) is 0 Å².